The predicted molar refractivity (Wildman–Crippen MR) is 472 cm³/mol. The SMILES string of the molecule is CC(C)(C)OC(=O)N1CCCN(c2ccc3[nH]c(C(=O)c4ccnc(-c5cncc6ccccc56)c4)nc3n2)CC1.CC(C)(C)OC(=O)N1CCCN(c2ccc3[nH]c(C(=O)c4ccnc(Br)c4)nc3n2)CC1.Cl.O=C(c1ccnc(-c2cncc3ccccc23)c1)c1nc2nc(N3CCCNCC3)ccc2[nH]1.OB(O)c1cncc2ccccc12. The Balaban J connectivity index is 0.000000138. The Labute approximate surface area is 710 Å². The molecule has 0 spiro atoms. The van der Waals surface area contributed by atoms with Gasteiger partial charge in [-0.3, -0.25) is 39.3 Å². The molecule has 15 aromatic rings. The number of amides is 2. The number of hydrogen-bond acceptors (Lipinski definition) is 25. The number of aromatic nitrogens is 15. The third kappa shape index (κ3) is 20.4. The number of pyridine rings is 9. The molecule has 3 fully saturated rings. The van der Waals surface area contributed by atoms with E-state index in [1.165, 1.54) is 6.20 Å². The van der Waals surface area contributed by atoms with Crippen molar-refractivity contribution in [1.29, 1.82) is 0 Å². The first-order valence-electron chi connectivity index (χ1n) is 39.5. The Kier molecular flexibility index (Phi) is 26.1. The number of nitrogens with zero attached hydrogens (tertiary/aromatic N) is 17. The number of imidazole rings is 3. The van der Waals surface area contributed by atoms with Crippen molar-refractivity contribution < 1.29 is 43.5 Å². The van der Waals surface area contributed by atoms with Gasteiger partial charge < -0.3 is 64.3 Å². The van der Waals surface area contributed by atoms with Gasteiger partial charge in [0.2, 0.25) is 17.3 Å². The molecule has 3 aromatic carbocycles. The molecular weight excluding hydrogens is 1620 g/mol. The van der Waals surface area contributed by atoms with Crippen LogP contribution in [0.3, 0.4) is 0 Å². The molecule has 33 heteroatoms. The van der Waals surface area contributed by atoms with E-state index < -0.39 is 18.3 Å². The minimum absolute atomic E-state index is 0. The number of hydrogen-bond donors (Lipinski definition) is 6. The minimum atomic E-state index is -1.46. The molecule has 2 amide bonds. The second kappa shape index (κ2) is 37.4. The van der Waals surface area contributed by atoms with E-state index in [2.05, 4.69) is 101 Å². The Morgan fingerprint density at radius 3 is 1.23 bits per heavy atom. The Bertz CT molecular complexity index is 6270. The van der Waals surface area contributed by atoms with E-state index in [1.807, 2.05) is 163 Å². The molecule has 0 radical (unpaired) electrons. The lowest BCUT2D eigenvalue weighted by Crippen LogP contribution is -2.39. The third-order valence-electron chi connectivity index (χ3n) is 20.1. The average molecular weight is 1710 g/mol. The van der Waals surface area contributed by atoms with Crippen LogP contribution in [0.15, 0.2) is 206 Å². The molecule has 3 aliphatic rings. The summed E-state index contributed by atoms with van der Waals surface area (Å²) in [4.78, 5) is 137. The largest absolute Gasteiger partial charge is 0.490 e. The van der Waals surface area contributed by atoms with Gasteiger partial charge in [0.25, 0.3) is 0 Å². The van der Waals surface area contributed by atoms with Crippen LogP contribution in [0.1, 0.15) is 109 Å². The number of H-pyrrole nitrogens is 3. The van der Waals surface area contributed by atoms with Crippen molar-refractivity contribution in [2.75, 3.05) is 93.2 Å². The van der Waals surface area contributed by atoms with Gasteiger partial charge in [0.05, 0.1) is 27.9 Å². The molecule has 18 rings (SSSR count). The fourth-order valence-electron chi connectivity index (χ4n) is 14.3. The third-order valence-corrected chi connectivity index (χ3v) is 20.6. The van der Waals surface area contributed by atoms with Crippen molar-refractivity contribution >= 4 is 154 Å². The smallest absolute Gasteiger partial charge is 0.444 e. The molecule has 30 nitrogen and oxygen atoms in total. The molecule has 121 heavy (non-hydrogen) atoms. The zero-order valence-corrected chi connectivity index (χ0v) is 69.8. The van der Waals surface area contributed by atoms with Crippen LogP contribution in [0.2, 0.25) is 0 Å². The first kappa shape index (κ1) is 84.3. The average Bonchev–Trinajstić information content (AvgIpc) is 1.74. The number of rotatable bonds is 12. The van der Waals surface area contributed by atoms with Crippen molar-refractivity contribution in [2.45, 2.75) is 72.0 Å². The molecule has 12 aromatic heterocycles. The highest BCUT2D eigenvalue weighted by molar-refractivity contribution is 9.10. The zero-order valence-electron chi connectivity index (χ0n) is 67.4. The van der Waals surface area contributed by atoms with Crippen LogP contribution >= 0.6 is 28.3 Å². The van der Waals surface area contributed by atoms with Crippen LogP contribution in [0.4, 0.5) is 27.0 Å². The van der Waals surface area contributed by atoms with Crippen LogP contribution in [-0.4, -0.2) is 221 Å². The van der Waals surface area contributed by atoms with E-state index in [-0.39, 0.29) is 59.4 Å². The number of ether oxygens (including phenoxy) is 2. The molecule has 15 heterocycles. The van der Waals surface area contributed by atoms with Crippen LogP contribution < -0.4 is 25.5 Å². The van der Waals surface area contributed by atoms with Crippen LogP contribution in [0, 0.1) is 0 Å². The number of anilines is 3. The summed E-state index contributed by atoms with van der Waals surface area (Å²) in [6.45, 7) is 20.1. The number of benzene rings is 3. The van der Waals surface area contributed by atoms with Crippen LogP contribution in [0.25, 0.3) is 88.3 Å². The number of nitrogens with one attached hydrogen (secondary N) is 4. The fraction of sp³-hybridized carbons (Fsp3) is 0.261. The normalized spacial score (nSPS) is 14.0. The lowest BCUT2D eigenvalue weighted by molar-refractivity contribution is 0.0252. The van der Waals surface area contributed by atoms with E-state index in [0.29, 0.717) is 105 Å². The maximum absolute atomic E-state index is 13.5. The predicted octanol–water partition coefficient (Wildman–Crippen LogP) is 13.0. The summed E-state index contributed by atoms with van der Waals surface area (Å²) < 4.78 is 11.6. The van der Waals surface area contributed by atoms with Crippen LogP contribution in [-0.2, 0) is 9.47 Å². The summed E-state index contributed by atoms with van der Waals surface area (Å²) in [5.41, 5.74) is 7.56. The van der Waals surface area contributed by atoms with Crippen LogP contribution in [0.5, 0.6) is 0 Å². The van der Waals surface area contributed by atoms with Crippen molar-refractivity contribution in [1.82, 2.24) is 89.9 Å². The van der Waals surface area contributed by atoms with E-state index in [9.17, 15) is 24.0 Å². The van der Waals surface area contributed by atoms with Crippen molar-refractivity contribution in [3.8, 4) is 22.5 Å². The monoisotopic (exact) mass is 1710 g/mol. The van der Waals surface area contributed by atoms with Gasteiger partial charge in [-0.05, 0) is 178 Å². The van der Waals surface area contributed by atoms with Crippen molar-refractivity contribution in [3.63, 3.8) is 0 Å². The summed E-state index contributed by atoms with van der Waals surface area (Å²) >= 11 is 3.28. The fourth-order valence-corrected chi connectivity index (χ4v) is 14.6. The lowest BCUT2D eigenvalue weighted by Gasteiger charge is -2.26. The standard InChI is InChI=1S/C31H31N7O3.C26H23N7O.C22H25BrN6O3.C9H8BNO2.ClH/c1-31(2,3)41-30(40)38-14-6-13-37(15-16-38)26-10-9-24-28(35-26)36-29(34-24)27(39)20-11-12-33-25(17-20)23-19-32-18-21-7-4-5-8-22(21)23;34-24(17-8-10-29-22(14-17)20-16-28-15-18-4-1-2-5-19(18)20)26-30-21-6-7-23(31-25(21)32-26)33-12-3-9-27-11-13-33;1-22(2,3)32-21(31)29-10-4-9-28(11-12-29)17-6-5-15-19(26-17)27-20(25-15)18(30)14-7-8-24-16(23)13-14;12-10(13)9-6-11-5-7-3-1-2-4-8(7)9;/h4-5,7-12,17-19H,6,13-16H2,1-3H3,(H,34,35,36);1-2,4-8,10,14-16,27H,3,9,11-13H2,(H,30,31,32);5-8,13H,4,9-12H2,1-3H3,(H,25,26,27);1-6,12-13H;1H. The van der Waals surface area contributed by atoms with Gasteiger partial charge in [0, 0.05) is 172 Å². The number of halogens is 2. The van der Waals surface area contributed by atoms with Gasteiger partial charge in [-0.2, -0.15) is 0 Å². The maximum atomic E-state index is 13.5. The number of aromatic amines is 3. The van der Waals surface area contributed by atoms with Gasteiger partial charge in [-0.25, -0.2) is 44.5 Å². The number of carbonyl (C=O) groups is 5. The van der Waals surface area contributed by atoms with E-state index in [0.717, 1.165) is 125 Å². The number of carbonyl (C=O) groups excluding carboxylic acids is 5. The van der Waals surface area contributed by atoms with Crippen molar-refractivity contribution in [3.05, 3.63) is 240 Å². The molecule has 616 valence electrons. The molecule has 0 unspecified atom stereocenters. The molecular formula is C88H88BBrClN21O9. The van der Waals surface area contributed by atoms with Gasteiger partial charge in [-0.1, -0.05) is 72.8 Å². The van der Waals surface area contributed by atoms with E-state index in [4.69, 9.17) is 29.5 Å². The Morgan fingerprint density at radius 1 is 0.413 bits per heavy atom. The molecule has 3 aliphatic heterocycles. The molecule has 0 bridgehead atoms. The summed E-state index contributed by atoms with van der Waals surface area (Å²) in [5, 5.41) is 27.3. The second-order valence-electron chi connectivity index (χ2n) is 30.9. The summed E-state index contributed by atoms with van der Waals surface area (Å²) in [5.74, 6) is 2.45. The highest BCUT2D eigenvalue weighted by atomic mass is 79.9. The topological polar surface area (TPSA) is 375 Å². The first-order valence-corrected chi connectivity index (χ1v) is 40.3. The summed E-state index contributed by atoms with van der Waals surface area (Å²) in [6.07, 6.45) is 17.3. The second-order valence-corrected chi connectivity index (χ2v) is 31.8. The molecule has 0 atom stereocenters. The Morgan fingerprint density at radius 2 is 0.802 bits per heavy atom. The first-order chi connectivity index (χ1) is 58.0. The van der Waals surface area contributed by atoms with Gasteiger partial charge >= 0.3 is 19.3 Å². The van der Waals surface area contributed by atoms with Crippen molar-refractivity contribution in [2.24, 2.45) is 0 Å². The molecule has 0 saturated carbocycles. The highest BCUT2D eigenvalue weighted by Gasteiger charge is 2.29. The Hall–Kier alpha value is -13.1. The van der Waals surface area contributed by atoms with Gasteiger partial charge in [-0.15, -0.1) is 12.4 Å². The van der Waals surface area contributed by atoms with Gasteiger partial charge in [0.1, 0.15) is 33.3 Å². The zero-order chi connectivity index (χ0) is 83.6. The minimum Gasteiger partial charge on any atom is -0.444 e. The quantitative estimate of drug-likeness (QED) is 0.0376. The van der Waals surface area contributed by atoms with E-state index in [1.54, 1.807) is 83.4 Å². The van der Waals surface area contributed by atoms with Gasteiger partial charge in [0.15, 0.2) is 34.4 Å². The molecule has 3 saturated heterocycles. The number of ketones is 3. The maximum Gasteiger partial charge on any atom is 0.490 e. The van der Waals surface area contributed by atoms with E-state index >= 15 is 0 Å². The summed E-state index contributed by atoms with van der Waals surface area (Å²) in [6, 6.07) is 45.2. The summed E-state index contributed by atoms with van der Waals surface area (Å²) in [7, 11) is -1.46. The molecule has 0 aliphatic carbocycles. The highest BCUT2D eigenvalue weighted by Crippen LogP contribution is 2.31. The number of fused-ring (bicyclic) bond motifs is 6. The molecule has 6 N–H and O–H groups in total. The lowest BCUT2D eigenvalue weighted by atomic mass is 9.78.